The lowest BCUT2D eigenvalue weighted by Gasteiger charge is -2.19. The van der Waals surface area contributed by atoms with Crippen LogP contribution >= 0.6 is 11.6 Å². The molecule has 1 N–H and O–H groups in total. The summed E-state index contributed by atoms with van der Waals surface area (Å²) in [5.41, 5.74) is 1.57. The van der Waals surface area contributed by atoms with E-state index in [0.717, 1.165) is 5.56 Å². The minimum atomic E-state index is -0.682. The minimum Gasteiger partial charge on any atom is -0.482 e. The number of amides is 2. The van der Waals surface area contributed by atoms with Gasteiger partial charge in [0.2, 0.25) is 0 Å². The molecular formula is C22H27ClN2O4. The van der Waals surface area contributed by atoms with Gasteiger partial charge in [-0.25, -0.2) is 0 Å². The average Bonchev–Trinajstić information content (AvgIpc) is 2.68. The van der Waals surface area contributed by atoms with Gasteiger partial charge in [0.15, 0.2) is 12.7 Å². The van der Waals surface area contributed by atoms with Gasteiger partial charge in [-0.3, -0.25) is 9.59 Å². The van der Waals surface area contributed by atoms with Gasteiger partial charge in [-0.1, -0.05) is 23.7 Å². The fourth-order valence-corrected chi connectivity index (χ4v) is 2.93. The van der Waals surface area contributed by atoms with E-state index >= 15 is 0 Å². The second-order valence-corrected chi connectivity index (χ2v) is 6.97. The van der Waals surface area contributed by atoms with Crippen molar-refractivity contribution in [3.05, 3.63) is 53.1 Å². The number of hydrogen-bond donors (Lipinski definition) is 1. The molecule has 0 heterocycles. The molecule has 0 fully saturated rings. The third kappa shape index (κ3) is 6.68. The molecule has 7 heteroatoms. The van der Waals surface area contributed by atoms with E-state index in [9.17, 15) is 9.59 Å². The Balaban J connectivity index is 1.93. The van der Waals surface area contributed by atoms with E-state index in [4.69, 9.17) is 21.1 Å². The van der Waals surface area contributed by atoms with Crippen molar-refractivity contribution in [1.82, 2.24) is 4.90 Å². The number of halogens is 1. The number of nitrogens with zero attached hydrogens (tertiary/aromatic N) is 1. The van der Waals surface area contributed by atoms with Gasteiger partial charge in [0.25, 0.3) is 11.8 Å². The van der Waals surface area contributed by atoms with Gasteiger partial charge in [-0.2, -0.15) is 0 Å². The Hall–Kier alpha value is -2.73. The molecule has 1 atom stereocenters. The molecule has 0 aromatic heterocycles. The number of aryl methyl sites for hydroxylation is 1. The molecule has 0 saturated carbocycles. The topological polar surface area (TPSA) is 67.9 Å². The molecule has 0 aliphatic heterocycles. The lowest BCUT2D eigenvalue weighted by molar-refractivity contribution is -0.133. The minimum absolute atomic E-state index is 0.0888. The molecule has 0 bridgehead atoms. The van der Waals surface area contributed by atoms with Crippen LogP contribution in [0.15, 0.2) is 42.5 Å². The number of hydrogen-bond acceptors (Lipinski definition) is 4. The number of anilines is 1. The Bertz CT molecular complexity index is 852. The van der Waals surface area contributed by atoms with Gasteiger partial charge < -0.3 is 19.7 Å². The van der Waals surface area contributed by atoms with E-state index in [2.05, 4.69) is 5.32 Å². The zero-order valence-corrected chi connectivity index (χ0v) is 18.0. The third-order valence-electron chi connectivity index (χ3n) is 4.34. The van der Waals surface area contributed by atoms with Crippen LogP contribution in [0.4, 0.5) is 5.69 Å². The van der Waals surface area contributed by atoms with Crippen LogP contribution in [0.25, 0.3) is 0 Å². The predicted octanol–water partition coefficient (Wildman–Crippen LogP) is 4.30. The highest BCUT2D eigenvalue weighted by Gasteiger charge is 2.16. The summed E-state index contributed by atoms with van der Waals surface area (Å²) in [5, 5.41) is 3.07. The van der Waals surface area contributed by atoms with E-state index < -0.39 is 6.10 Å². The maximum Gasteiger partial charge on any atom is 0.265 e. The van der Waals surface area contributed by atoms with E-state index in [-0.39, 0.29) is 18.4 Å². The van der Waals surface area contributed by atoms with E-state index in [0.29, 0.717) is 35.3 Å². The standard InChI is InChI=1S/C22H27ClN2O4/c1-5-25(6-2)21(26)14-28-20-11-10-17(13-19(20)23)24-22(27)16(4)29-18-9-7-8-15(3)12-18/h7-13,16H,5-6,14H2,1-4H3,(H,24,27). The smallest absolute Gasteiger partial charge is 0.265 e. The van der Waals surface area contributed by atoms with Crippen molar-refractivity contribution in [2.24, 2.45) is 0 Å². The van der Waals surface area contributed by atoms with Crippen molar-refractivity contribution >= 4 is 29.1 Å². The number of likely N-dealkylation sites (N-methyl/N-ethyl adjacent to an activating group) is 1. The predicted molar refractivity (Wildman–Crippen MR) is 115 cm³/mol. The van der Waals surface area contributed by atoms with Gasteiger partial charge in [0, 0.05) is 18.8 Å². The summed E-state index contributed by atoms with van der Waals surface area (Å²) < 4.78 is 11.2. The second-order valence-electron chi connectivity index (χ2n) is 6.57. The van der Waals surface area contributed by atoms with Crippen molar-refractivity contribution in [3.63, 3.8) is 0 Å². The molecule has 2 aromatic carbocycles. The molecule has 2 amide bonds. The lowest BCUT2D eigenvalue weighted by atomic mass is 10.2. The number of nitrogens with one attached hydrogen (secondary N) is 1. The van der Waals surface area contributed by atoms with Crippen LogP contribution in [-0.4, -0.2) is 42.5 Å². The zero-order chi connectivity index (χ0) is 21.4. The molecule has 2 aromatic rings. The van der Waals surface area contributed by atoms with Crippen molar-refractivity contribution in [1.29, 1.82) is 0 Å². The monoisotopic (exact) mass is 418 g/mol. The summed E-state index contributed by atoms with van der Waals surface area (Å²) in [5.74, 6) is 0.611. The largest absolute Gasteiger partial charge is 0.482 e. The van der Waals surface area contributed by atoms with E-state index in [1.165, 1.54) is 0 Å². The summed E-state index contributed by atoms with van der Waals surface area (Å²) in [4.78, 5) is 26.1. The molecule has 6 nitrogen and oxygen atoms in total. The molecule has 2 rings (SSSR count). The number of carbonyl (C=O) groups excluding carboxylic acids is 2. The van der Waals surface area contributed by atoms with Crippen LogP contribution in [0.2, 0.25) is 5.02 Å². The average molecular weight is 419 g/mol. The number of ether oxygens (including phenoxy) is 2. The fraction of sp³-hybridized carbons (Fsp3) is 0.364. The third-order valence-corrected chi connectivity index (χ3v) is 4.63. The van der Waals surface area contributed by atoms with Crippen molar-refractivity contribution in [2.75, 3.05) is 25.0 Å². The van der Waals surface area contributed by atoms with Crippen LogP contribution in [0, 0.1) is 6.92 Å². The van der Waals surface area contributed by atoms with Gasteiger partial charge in [-0.15, -0.1) is 0 Å². The zero-order valence-electron chi connectivity index (χ0n) is 17.2. The number of benzene rings is 2. The molecule has 0 saturated heterocycles. The lowest BCUT2D eigenvalue weighted by Crippen LogP contribution is -2.34. The summed E-state index contributed by atoms with van der Waals surface area (Å²) in [7, 11) is 0. The Morgan fingerprint density at radius 1 is 1.14 bits per heavy atom. The van der Waals surface area contributed by atoms with Crippen LogP contribution in [-0.2, 0) is 9.59 Å². The first-order valence-electron chi connectivity index (χ1n) is 9.58. The molecule has 1 unspecified atom stereocenters. The number of rotatable bonds is 9. The molecule has 0 spiro atoms. The molecular weight excluding hydrogens is 392 g/mol. The van der Waals surface area contributed by atoms with E-state index in [1.54, 1.807) is 36.1 Å². The van der Waals surface area contributed by atoms with Gasteiger partial charge in [-0.05, 0) is 63.6 Å². The van der Waals surface area contributed by atoms with Crippen molar-refractivity contribution in [3.8, 4) is 11.5 Å². The van der Waals surface area contributed by atoms with Gasteiger partial charge in [0.05, 0.1) is 5.02 Å². The van der Waals surface area contributed by atoms with E-state index in [1.807, 2.05) is 39.0 Å². The Kier molecular flexibility index (Phi) is 8.34. The molecule has 0 aliphatic rings. The van der Waals surface area contributed by atoms with Gasteiger partial charge in [0.1, 0.15) is 11.5 Å². The normalized spacial score (nSPS) is 11.5. The highest BCUT2D eigenvalue weighted by molar-refractivity contribution is 6.32. The quantitative estimate of drug-likeness (QED) is 0.659. The van der Waals surface area contributed by atoms with Crippen LogP contribution in [0.1, 0.15) is 26.3 Å². The summed E-state index contributed by atoms with van der Waals surface area (Å²) in [6.07, 6.45) is -0.682. The molecule has 0 radical (unpaired) electrons. The van der Waals surface area contributed by atoms with Gasteiger partial charge >= 0.3 is 0 Å². The number of carbonyl (C=O) groups is 2. The Labute approximate surface area is 176 Å². The first-order valence-corrected chi connectivity index (χ1v) is 9.96. The van der Waals surface area contributed by atoms with Crippen LogP contribution < -0.4 is 14.8 Å². The Morgan fingerprint density at radius 3 is 2.48 bits per heavy atom. The molecule has 29 heavy (non-hydrogen) atoms. The summed E-state index contributed by atoms with van der Waals surface area (Å²) >= 11 is 6.24. The maximum atomic E-state index is 12.4. The fourth-order valence-electron chi connectivity index (χ4n) is 2.69. The maximum absolute atomic E-state index is 12.4. The molecule has 156 valence electrons. The summed E-state index contributed by atoms with van der Waals surface area (Å²) in [6.45, 7) is 8.62. The first kappa shape index (κ1) is 22.6. The summed E-state index contributed by atoms with van der Waals surface area (Å²) in [6, 6.07) is 12.4. The highest BCUT2D eigenvalue weighted by Crippen LogP contribution is 2.28. The Morgan fingerprint density at radius 2 is 1.86 bits per heavy atom. The molecule has 0 aliphatic carbocycles. The van der Waals surface area contributed by atoms with Crippen LogP contribution in [0.3, 0.4) is 0 Å². The van der Waals surface area contributed by atoms with Crippen molar-refractivity contribution in [2.45, 2.75) is 33.8 Å². The first-order chi connectivity index (χ1) is 13.8. The van der Waals surface area contributed by atoms with Crippen molar-refractivity contribution < 1.29 is 19.1 Å². The SMILES string of the molecule is CCN(CC)C(=O)COc1ccc(NC(=O)C(C)Oc2cccc(C)c2)cc1Cl. The second kappa shape index (κ2) is 10.7. The van der Waals surface area contributed by atoms with Crippen LogP contribution in [0.5, 0.6) is 11.5 Å². The highest BCUT2D eigenvalue weighted by atomic mass is 35.5.